The molecule has 0 radical (unpaired) electrons. The maximum absolute atomic E-state index is 14.5. The second-order valence-electron chi connectivity index (χ2n) is 25.2. The highest BCUT2D eigenvalue weighted by Gasteiger charge is 2.36. The molecule has 2 saturated carbocycles. The minimum Gasteiger partial charge on any atom is -0.497 e. The monoisotopic (exact) mass is 1360 g/mol. The maximum atomic E-state index is 14.5. The lowest BCUT2D eigenvalue weighted by Gasteiger charge is -2.26. The SMILES string of the molecule is COc1ccc2c(c1)C=C(C(=O)N(CC(=O)N(C)C)CC(=O)N(C)C)Cn1c-2c(C2CCCCC2)c2ccc(C(=O)NS(=O)(=O)N(C)C)cc21.COc1ccc2c(c1)C=C(C(=O)N(CC(=O)O)CC(=O)O)Cn1c-2c(C2CCCCC2)c2ccc(C(=O)NS(=O)(=O)N(C)C)cc21. The van der Waals surface area contributed by atoms with Crippen molar-refractivity contribution < 1.29 is 74.9 Å². The fourth-order valence-corrected chi connectivity index (χ4v) is 14.0. The van der Waals surface area contributed by atoms with E-state index in [1.165, 1.54) is 50.0 Å². The van der Waals surface area contributed by atoms with Gasteiger partial charge in [0.2, 0.25) is 11.8 Å². The molecule has 0 unspecified atom stereocenters. The summed E-state index contributed by atoms with van der Waals surface area (Å²) in [6.07, 6.45) is 13.7. The molecule has 0 saturated heterocycles. The first-order valence-electron chi connectivity index (χ1n) is 31.4. The topological polar surface area (TPSA) is 317 Å². The van der Waals surface area contributed by atoms with Crippen molar-refractivity contribution in [2.75, 3.05) is 96.8 Å². The number of carboxylic acid groups (broad SMARTS) is 2. The molecule has 96 heavy (non-hydrogen) atoms. The van der Waals surface area contributed by atoms with E-state index in [1.54, 1.807) is 89.9 Å². The van der Waals surface area contributed by atoms with Gasteiger partial charge in [0, 0.05) is 112 Å². The van der Waals surface area contributed by atoms with Crippen LogP contribution in [0, 0.1) is 0 Å². The fraction of sp³-hybridized carbons (Fsp3) is 0.412. The molecule has 4 N–H and O–H groups in total. The molecule has 4 aliphatic rings. The number of amides is 6. The lowest BCUT2D eigenvalue weighted by atomic mass is 9.81. The summed E-state index contributed by atoms with van der Waals surface area (Å²) in [4.78, 5) is 109. The molecule has 10 rings (SSSR count). The molecular formula is C68H82N10O16S2. The van der Waals surface area contributed by atoms with Crippen molar-refractivity contribution in [2.24, 2.45) is 0 Å². The Balaban J connectivity index is 0.000000226. The Bertz CT molecular complexity index is 4360. The van der Waals surface area contributed by atoms with E-state index in [1.807, 2.05) is 39.5 Å². The summed E-state index contributed by atoms with van der Waals surface area (Å²) in [7, 11) is 6.61. The molecule has 4 heterocycles. The van der Waals surface area contributed by atoms with Crippen molar-refractivity contribution in [1.29, 1.82) is 0 Å². The number of carboxylic acids is 2. The van der Waals surface area contributed by atoms with Crippen LogP contribution < -0.4 is 18.9 Å². The zero-order valence-corrected chi connectivity index (χ0v) is 57.2. The number of ether oxygens (including phenoxy) is 2. The Morgan fingerprint density at radius 1 is 0.490 bits per heavy atom. The van der Waals surface area contributed by atoms with E-state index in [9.17, 15) is 65.4 Å². The van der Waals surface area contributed by atoms with Gasteiger partial charge in [-0.15, -0.1) is 0 Å². The maximum Gasteiger partial charge on any atom is 0.323 e. The number of hydrogen-bond acceptors (Lipinski definition) is 14. The largest absolute Gasteiger partial charge is 0.497 e. The van der Waals surface area contributed by atoms with E-state index in [0.29, 0.717) is 33.7 Å². The third-order valence-electron chi connectivity index (χ3n) is 17.9. The van der Waals surface area contributed by atoms with Gasteiger partial charge in [-0.25, -0.2) is 9.44 Å². The predicted octanol–water partition coefficient (Wildman–Crippen LogP) is 6.60. The van der Waals surface area contributed by atoms with Crippen LogP contribution in [-0.2, 0) is 62.3 Å². The predicted molar refractivity (Wildman–Crippen MR) is 361 cm³/mol. The van der Waals surface area contributed by atoms with Gasteiger partial charge in [-0.2, -0.15) is 25.4 Å². The molecule has 2 fully saturated rings. The summed E-state index contributed by atoms with van der Waals surface area (Å²) < 4.78 is 70.9. The summed E-state index contributed by atoms with van der Waals surface area (Å²) in [6, 6.07) is 21.3. The Kier molecular flexibility index (Phi) is 21.7. The van der Waals surface area contributed by atoms with Crippen LogP contribution in [0.3, 0.4) is 0 Å². The zero-order chi connectivity index (χ0) is 69.8. The molecule has 2 aromatic heterocycles. The minimum absolute atomic E-state index is 0.0643. The van der Waals surface area contributed by atoms with E-state index in [-0.39, 0.29) is 66.5 Å². The normalized spacial score (nSPS) is 14.8. The van der Waals surface area contributed by atoms with Gasteiger partial charge in [0.25, 0.3) is 23.6 Å². The van der Waals surface area contributed by atoms with E-state index in [4.69, 9.17) is 9.47 Å². The highest BCUT2D eigenvalue weighted by Crippen LogP contribution is 2.49. The van der Waals surface area contributed by atoms with Crippen molar-refractivity contribution in [3.8, 4) is 34.0 Å². The molecule has 512 valence electrons. The molecule has 4 aromatic carbocycles. The smallest absolute Gasteiger partial charge is 0.323 e. The molecule has 28 heteroatoms. The molecule has 2 aliphatic carbocycles. The number of nitrogens with zero attached hydrogens (tertiary/aromatic N) is 8. The van der Waals surface area contributed by atoms with Crippen LogP contribution in [0.15, 0.2) is 83.9 Å². The Hall–Kier alpha value is -9.38. The second-order valence-corrected chi connectivity index (χ2v) is 29.0. The first kappa shape index (κ1) is 70.9. The third kappa shape index (κ3) is 15.3. The lowest BCUT2D eigenvalue weighted by Crippen LogP contribution is -2.46. The number of methoxy groups -OCH3 is 2. The minimum atomic E-state index is -4.07. The summed E-state index contributed by atoms with van der Waals surface area (Å²) >= 11 is 0. The van der Waals surface area contributed by atoms with E-state index in [0.717, 1.165) is 128 Å². The van der Waals surface area contributed by atoms with Crippen LogP contribution in [0.2, 0.25) is 0 Å². The lowest BCUT2D eigenvalue weighted by molar-refractivity contribution is -0.147. The number of aromatic nitrogens is 2. The highest BCUT2D eigenvalue weighted by molar-refractivity contribution is 7.88. The van der Waals surface area contributed by atoms with E-state index >= 15 is 0 Å². The number of aliphatic carboxylic acids is 2. The molecular weight excluding hydrogens is 1280 g/mol. The van der Waals surface area contributed by atoms with Gasteiger partial charge in [-0.1, -0.05) is 50.7 Å². The summed E-state index contributed by atoms with van der Waals surface area (Å²) in [5.74, 6) is -4.74. The number of likely N-dealkylation sites (N-methyl/N-ethyl adjacent to an activating group) is 2. The van der Waals surface area contributed by atoms with Crippen LogP contribution in [0.25, 0.3) is 56.5 Å². The van der Waals surface area contributed by atoms with Gasteiger partial charge in [-0.05, 0) is 133 Å². The Morgan fingerprint density at radius 2 is 0.844 bits per heavy atom. The number of hydrogen-bond donors (Lipinski definition) is 4. The molecule has 6 aromatic rings. The molecule has 0 atom stereocenters. The van der Waals surface area contributed by atoms with Crippen molar-refractivity contribution in [3.05, 3.63) is 117 Å². The quantitative estimate of drug-likeness (QED) is 0.0626. The van der Waals surface area contributed by atoms with Gasteiger partial charge in [-0.3, -0.25) is 38.4 Å². The average molecular weight is 1360 g/mol. The van der Waals surface area contributed by atoms with Crippen LogP contribution >= 0.6 is 0 Å². The van der Waals surface area contributed by atoms with Gasteiger partial charge >= 0.3 is 32.4 Å². The number of carbonyl (C=O) groups excluding carboxylic acids is 6. The molecule has 0 spiro atoms. The van der Waals surface area contributed by atoms with E-state index in [2.05, 4.69) is 9.44 Å². The van der Waals surface area contributed by atoms with Gasteiger partial charge in [0.05, 0.1) is 38.7 Å². The van der Waals surface area contributed by atoms with Crippen LogP contribution in [0.4, 0.5) is 0 Å². The standard InChI is InChI=1S/C36H46N6O7S.C32H36N4O9S/c1-38(2)31(43)21-41(22-32(44)39(3)4)36(46)26-17-25-18-27(49-7)14-16-28(25)34-33(23-11-9-8-10-12-23)29-15-13-24(19-30(29)42(34)20-26)35(45)37-50(47,48)40(5)6;1-34(2)46(43,44)33-31(41)20-9-11-25-26(15-20)36-16-22(32(42)35(17-27(37)38)18-28(39)40)13-21-14-23(45-3)10-12-24(21)30(36)29(25)19-7-5-4-6-8-19/h13-19,23H,8-12,20-22H2,1-7H3,(H,37,45);9-15,19H,4-8,16-18H2,1-3H3,(H,33,41)(H,37,38)(H,39,40). The van der Waals surface area contributed by atoms with Crippen molar-refractivity contribution >= 4 is 102 Å². The van der Waals surface area contributed by atoms with Crippen LogP contribution in [0.1, 0.15) is 119 Å². The molecule has 26 nitrogen and oxygen atoms in total. The summed E-state index contributed by atoms with van der Waals surface area (Å²) in [6.45, 7) is -2.23. The fourth-order valence-electron chi connectivity index (χ4n) is 12.9. The van der Waals surface area contributed by atoms with Gasteiger partial charge < -0.3 is 48.4 Å². The highest BCUT2D eigenvalue weighted by atomic mass is 32.2. The van der Waals surface area contributed by atoms with E-state index < -0.39 is 69.1 Å². The van der Waals surface area contributed by atoms with Crippen molar-refractivity contribution in [2.45, 2.75) is 89.1 Å². The first-order chi connectivity index (χ1) is 45.4. The average Bonchev–Trinajstić information content (AvgIpc) is 1.58. The number of fused-ring (bicyclic) bond motifs is 10. The number of rotatable bonds is 20. The number of benzene rings is 4. The third-order valence-corrected chi connectivity index (χ3v) is 20.7. The van der Waals surface area contributed by atoms with Crippen molar-refractivity contribution in [1.82, 2.24) is 46.8 Å². The van der Waals surface area contributed by atoms with Crippen LogP contribution in [-0.4, -0.2) is 209 Å². The summed E-state index contributed by atoms with van der Waals surface area (Å²) in [5, 5.41) is 20.7. The molecule has 2 aliphatic heterocycles. The molecule has 6 amide bonds. The van der Waals surface area contributed by atoms with Gasteiger partial charge in [0.15, 0.2) is 0 Å². The Morgan fingerprint density at radius 3 is 1.17 bits per heavy atom. The summed E-state index contributed by atoms with van der Waals surface area (Å²) in [5.41, 5.74) is 8.83. The Labute approximate surface area is 558 Å². The van der Waals surface area contributed by atoms with Gasteiger partial charge in [0.1, 0.15) is 37.7 Å². The first-order valence-corrected chi connectivity index (χ1v) is 34.3. The molecule has 0 bridgehead atoms. The second kappa shape index (κ2) is 29.3. The number of carbonyl (C=O) groups is 8. The number of nitrogens with one attached hydrogen (secondary N) is 2. The van der Waals surface area contributed by atoms with Crippen molar-refractivity contribution in [3.63, 3.8) is 0 Å². The van der Waals surface area contributed by atoms with Crippen LogP contribution in [0.5, 0.6) is 11.5 Å². The zero-order valence-electron chi connectivity index (χ0n) is 55.6.